The molecule has 0 unspecified atom stereocenters. The van der Waals surface area contributed by atoms with Gasteiger partial charge in [0.25, 0.3) is 0 Å². The van der Waals surface area contributed by atoms with Crippen molar-refractivity contribution in [3.63, 3.8) is 0 Å². The molecule has 98 valence electrons. The predicted octanol–water partition coefficient (Wildman–Crippen LogP) is 3.66. The van der Waals surface area contributed by atoms with Gasteiger partial charge in [0.1, 0.15) is 5.69 Å². The lowest BCUT2D eigenvalue weighted by Gasteiger charge is -1.96. The van der Waals surface area contributed by atoms with Crippen LogP contribution in [-0.4, -0.2) is 19.1 Å². The molecule has 0 fully saturated rings. The van der Waals surface area contributed by atoms with Crippen LogP contribution in [0.3, 0.4) is 0 Å². The highest BCUT2D eigenvalue weighted by Gasteiger charge is 2.06. The molecule has 2 aromatic rings. The van der Waals surface area contributed by atoms with E-state index in [9.17, 15) is 0 Å². The summed E-state index contributed by atoms with van der Waals surface area (Å²) in [6.07, 6.45) is 0. The van der Waals surface area contributed by atoms with Gasteiger partial charge in [0.15, 0.2) is 6.79 Å². The van der Waals surface area contributed by atoms with Crippen LogP contribution in [0.2, 0.25) is 0 Å². The summed E-state index contributed by atoms with van der Waals surface area (Å²) in [5, 5.41) is 3.91. The van der Waals surface area contributed by atoms with Crippen LogP contribution >= 0.6 is 0 Å². The summed E-state index contributed by atoms with van der Waals surface area (Å²) in [6.45, 7) is 6.20. The van der Waals surface area contributed by atoms with E-state index in [1.165, 1.54) is 5.56 Å². The van der Waals surface area contributed by atoms with Gasteiger partial charge in [0.05, 0.1) is 6.07 Å². The Labute approximate surface area is 108 Å². The lowest BCUT2D eigenvalue weighted by molar-refractivity contribution is 0.0297. The first-order valence-electron chi connectivity index (χ1n) is 5.95. The number of aryl methyl sites for hydroxylation is 1. The summed E-state index contributed by atoms with van der Waals surface area (Å²) in [5.74, 6) is 0.359. The van der Waals surface area contributed by atoms with Crippen molar-refractivity contribution in [2.75, 3.05) is 13.9 Å². The Hall–Kier alpha value is -1.81. The van der Waals surface area contributed by atoms with Crippen molar-refractivity contribution in [1.82, 2.24) is 5.16 Å². The topological polar surface area (TPSA) is 44.5 Å². The Kier molecular flexibility index (Phi) is 5.94. The van der Waals surface area contributed by atoms with Crippen LogP contribution in [0.5, 0.6) is 5.95 Å². The van der Waals surface area contributed by atoms with E-state index in [2.05, 4.69) is 5.16 Å². The average molecular weight is 249 g/mol. The number of benzene rings is 1. The second-order valence-electron chi connectivity index (χ2n) is 3.45. The second-order valence-corrected chi connectivity index (χ2v) is 3.45. The van der Waals surface area contributed by atoms with Gasteiger partial charge in [-0.15, -0.1) is 0 Å². The first-order valence-corrected chi connectivity index (χ1v) is 5.95. The highest BCUT2D eigenvalue weighted by Crippen LogP contribution is 2.23. The molecule has 4 nitrogen and oxygen atoms in total. The molecule has 1 aromatic carbocycles. The van der Waals surface area contributed by atoms with Crippen LogP contribution in [0.25, 0.3) is 11.3 Å². The Balaban J connectivity index is 0.000000771. The van der Waals surface area contributed by atoms with E-state index in [1.807, 2.05) is 45.0 Å². The molecule has 0 amide bonds. The van der Waals surface area contributed by atoms with Crippen LogP contribution < -0.4 is 4.74 Å². The Morgan fingerprint density at radius 2 is 1.83 bits per heavy atom. The fraction of sp³-hybridized carbons (Fsp3) is 0.357. The first kappa shape index (κ1) is 14.3. The maximum absolute atomic E-state index is 5.13. The van der Waals surface area contributed by atoms with Crippen LogP contribution in [0, 0.1) is 6.92 Å². The summed E-state index contributed by atoms with van der Waals surface area (Å²) >= 11 is 0. The summed E-state index contributed by atoms with van der Waals surface area (Å²) < 4.78 is 14.9. The lowest BCUT2D eigenvalue weighted by Crippen LogP contribution is -1.97. The van der Waals surface area contributed by atoms with Gasteiger partial charge in [0.2, 0.25) is 0 Å². The van der Waals surface area contributed by atoms with Gasteiger partial charge in [0, 0.05) is 12.7 Å². The van der Waals surface area contributed by atoms with Crippen LogP contribution in [-0.2, 0) is 4.74 Å². The van der Waals surface area contributed by atoms with E-state index in [0.717, 1.165) is 11.3 Å². The predicted molar refractivity (Wildman–Crippen MR) is 70.5 cm³/mol. The number of hydrogen-bond donors (Lipinski definition) is 0. The molecule has 18 heavy (non-hydrogen) atoms. The molecule has 1 aromatic heterocycles. The van der Waals surface area contributed by atoms with E-state index in [-0.39, 0.29) is 6.79 Å². The minimum absolute atomic E-state index is 0.155. The molecule has 0 atom stereocenters. The van der Waals surface area contributed by atoms with Gasteiger partial charge in [-0.3, -0.25) is 0 Å². The summed E-state index contributed by atoms with van der Waals surface area (Å²) in [4.78, 5) is 0. The lowest BCUT2D eigenvalue weighted by atomic mass is 10.1. The Morgan fingerprint density at radius 1 is 1.17 bits per heavy atom. The normalized spacial score (nSPS) is 9.56. The molecule has 0 bridgehead atoms. The Morgan fingerprint density at radius 3 is 2.44 bits per heavy atom. The SMILES string of the molecule is CC.COCOc1cc(-c2ccc(C)cc2)no1. The van der Waals surface area contributed by atoms with Crippen molar-refractivity contribution >= 4 is 0 Å². The molecule has 0 spiro atoms. The van der Waals surface area contributed by atoms with Gasteiger partial charge in [-0.25, -0.2) is 0 Å². The molecule has 0 saturated carbocycles. The highest BCUT2D eigenvalue weighted by atomic mass is 16.7. The second kappa shape index (κ2) is 7.50. The van der Waals surface area contributed by atoms with Gasteiger partial charge in [-0.2, -0.15) is 0 Å². The summed E-state index contributed by atoms with van der Waals surface area (Å²) in [6, 6.07) is 9.78. The van der Waals surface area contributed by atoms with E-state index >= 15 is 0 Å². The van der Waals surface area contributed by atoms with E-state index < -0.39 is 0 Å². The van der Waals surface area contributed by atoms with Gasteiger partial charge in [-0.05, 0) is 6.92 Å². The molecule has 2 rings (SSSR count). The van der Waals surface area contributed by atoms with Crippen molar-refractivity contribution in [1.29, 1.82) is 0 Å². The fourth-order valence-corrected chi connectivity index (χ4v) is 1.30. The third-order valence-corrected chi connectivity index (χ3v) is 2.15. The fourth-order valence-electron chi connectivity index (χ4n) is 1.30. The monoisotopic (exact) mass is 249 g/mol. The first-order chi connectivity index (χ1) is 8.79. The quantitative estimate of drug-likeness (QED) is 0.776. The number of rotatable bonds is 4. The number of methoxy groups -OCH3 is 1. The van der Waals surface area contributed by atoms with Crippen molar-refractivity contribution < 1.29 is 14.0 Å². The molecular weight excluding hydrogens is 230 g/mol. The maximum atomic E-state index is 5.13. The molecule has 0 radical (unpaired) electrons. The minimum Gasteiger partial charge on any atom is -0.437 e. The highest BCUT2D eigenvalue weighted by molar-refractivity contribution is 5.59. The molecule has 0 N–H and O–H groups in total. The van der Waals surface area contributed by atoms with Crippen LogP contribution in [0.15, 0.2) is 34.9 Å². The van der Waals surface area contributed by atoms with E-state index in [0.29, 0.717) is 5.95 Å². The maximum Gasteiger partial charge on any atom is 0.313 e. The van der Waals surface area contributed by atoms with E-state index in [4.69, 9.17) is 14.0 Å². The largest absolute Gasteiger partial charge is 0.437 e. The van der Waals surface area contributed by atoms with Crippen molar-refractivity contribution in [3.05, 3.63) is 35.9 Å². The van der Waals surface area contributed by atoms with Crippen LogP contribution in [0.4, 0.5) is 0 Å². The third kappa shape index (κ3) is 3.89. The molecular formula is C14H19NO3. The zero-order chi connectivity index (χ0) is 13.4. The molecule has 0 aliphatic carbocycles. The van der Waals surface area contributed by atoms with Gasteiger partial charge < -0.3 is 14.0 Å². The number of ether oxygens (including phenoxy) is 2. The number of nitrogens with zero attached hydrogens (tertiary/aromatic N) is 1. The number of hydrogen-bond acceptors (Lipinski definition) is 4. The molecule has 0 saturated heterocycles. The number of aromatic nitrogens is 1. The standard InChI is InChI=1S/C12H13NO3.C2H6/c1-9-3-5-10(6-4-9)11-7-12(16-13-11)15-8-14-2;1-2/h3-7H,8H2,1-2H3;1-2H3. The average Bonchev–Trinajstić information content (AvgIpc) is 2.88. The summed E-state index contributed by atoms with van der Waals surface area (Å²) in [5.41, 5.74) is 2.97. The van der Waals surface area contributed by atoms with Crippen LogP contribution in [0.1, 0.15) is 19.4 Å². The summed E-state index contributed by atoms with van der Waals surface area (Å²) in [7, 11) is 1.55. The third-order valence-electron chi connectivity index (χ3n) is 2.15. The van der Waals surface area contributed by atoms with E-state index in [1.54, 1.807) is 13.2 Å². The molecule has 0 aliphatic rings. The molecule has 1 heterocycles. The van der Waals surface area contributed by atoms with Gasteiger partial charge in [-0.1, -0.05) is 48.8 Å². The molecule has 4 heteroatoms. The smallest absolute Gasteiger partial charge is 0.313 e. The van der Waals surface area contributed by atoms with Crippen molar-refractivity contribution in [3.8, 4) is 17.2 Å². The zero-order valence-corrected chi connectivity index (χ0v) is 11.3. The zero-order valence-electron chi connectivity index (χ0n) is 11.3. The van der Waals surface area contributed by atoms with Gasteiger partial charge >= 0.3 is 5.95 Å². The van der Waals surface area contributed by atoms with Crippen molar-refractivity contribution in [2.24, 2.45) is 0 Å². The minimum atomic E-state index is 0.155. The molecule has 0 aliphatic heterocycles. The Bertz CT molecular complexity index is 448. The van der Waals surface area contributed by atoms with Crippen molar-refractivity contribution in [2.45, 2.75) is 20.8 Å².